The third-order valence-corrected chi connectivity index (χ3v) is 5.59. The van der Waals surface area contributed by atoms with Crippen molar-refractivity contribution in [2.45, 2.75) is 39.2 Å². The molecule has 0 aliphatic carbocycles. The molecule has 0 fully saturated rings. The Balaban J connectivity index is 1.62. The van der Waals surface area contributed by atoms with Gasteiger partial charge in [-0.3, -0.25) is 4.79 Å². The fraction of sp³-hybridized carbons (Fsp3) is 0.292. The van der Waals surface area contributed by atoms with E-state index in [1.165, 1.54) is 0 Å². The average molecular weight is 438 g/mol. The zero-order valence-electron chi connectivity index (χ0n) is 17.4. The van der Waals surface area contributed by atoms with E-state index in [1.807, 2.05) is 24.3 Å². The predicted molar refractivity (Wildman–Crippen MR) is 121 cm³/mol. The van der Waals surface area contributed by atoms with Crippen LogP contribution in [-0.4, -0.2) is 28.0 Å². The van der Waals surface area contributed by atoms with Gasteiger partial charge in [0.2, 0.25) is 0 Å². The van der Waals surface area contributed by atoms with Crippen LogP contribution in [0.25, 0.3) is 11.4 Å². The number of amides is 1. The zero-order valence-corrected chi connectivity index (χ0v) is 18.1. The van der Waals surface area contributed by atoms with E-state index < -0.39 is 0 Å². The summed E-state index contributed by atoms with van der Waals surface area (Å²) in [5.41, 5.74) is 3.39. The highest BCUT2D eigenvalue weighted by Gasteiger charge is 2.24. The van der Waals surface area contributed by atoms with Crippen LogP contribution in [-0.2, 0) is 17.7 Å². The second-order valence-electron chi connectivity index (χ2n) is 7.45. The van der Waals surface area contributed by atoms with Crippen molar-refractivity contribution in [2.24, 2.45) is 0 Å². The van der Waals surface area contributed by atoms with E-state index >= 15 is 0 Å². The van der Waals surface area contributed by atoms with Gasteiger partial charge in [-0.25, -0.2) is 9.78 Å². The summed E-state index contributed by atoms with van der Waals surface area (Å²) in [6.45, 7) is 2.92. The summed E-state index contributed by atoms with van der Waals surface area (Å²) in [6.07, 6.45) is 4.02. The molecule has 1 aromatic heterocycles. The summed E-state index contributed by atoms with van der Waals surface area (Å²) >= 11 is 6.04. The molecule has 1 aliphatic rings. The number of benzene rings is 2. The molecule has 2 aromatic carbocycles. The lowest BCUT2D eigenvalue weighted by atomic mass is 10.1. The molecule has 1 aliphatic heterocycles. The number of esters is 1. The topological polar surface area (TPSA) is 73.2 Å². The van der Waals surface area contributed by atoms with Crippen molar-refractivity contribution >= 4 is 29.2 Å². The van der Waals surface area contributed by atoms with Gasteiger partial charge in [-0.2, -0.15) is 0 Å². The van der Waals surface area contributed by atoms with Gasteiger partial charge in [-0.05, 0) is 74.7 Å². The Hall–Kier alpha value is -3.12. The quantitative estimate of drug-likeness (QED) is 0.545. The number of anilines is 1. The molecule has 2 heterocycles. The summed E-state index contributed by atoms with van der Waals surface area (Å²) in [5, 5.41) is 3.58. The van der Waals surface area contributed by atoms with Gasteiger partial charge in [-0.15, -0.1) is 0 Å². The lowest BCUT2D eigenvalue weighted by molar-refractivity contribution is 0.0526. The molecule has 1 amide bonds. The van der Waals surface area contributed by atoms with E-state index in [0.717, 1.165) is 49.3 Å². The molecule has 3 aromatic rings. The van der Waals surface area contributed by atoms with Crippen molar-refractivity contribution in [1.82, 2.24) is 9.55 Å². The number of aromatic nitrogens is 2. The number of imidazole rings is 1. The number of carbonyl (C=O) groups excluding carboxylic acids is 2. The van der Waals surface area contributed by atoms with Gasteiger partial charge in [0.05, 0.1) is 17.9 Å². The van der Waals surface area contributed by atoms with E-state index in [1.54, 1.807) is 31.2 Å². The van der Waals surface area contributed by atoms with Gasteiger partial charge >= 0.3 is 5.97 Å². The normalized spacial score (nSPS) is 13.2. The Morgan fingerprint density at radius 3 is 2.52 bits per heavy atom. The molecule has 0 unspecified atom stereocenters. The Morgan fingerprint density at radius 1 is 1.06 bits per heavy atom. The fourth-order valence-electron chi connectivity index (χ4n) is 3.82. The van der Waals surface area contributed by atoms with Crippen LogP contribution >= 0.6 is 11.6 Å². The van der Waals surface area contributed by atoms with Gasteiger partial charge in [0.15, 0.2) is 0 Å². The number of carbonyl (C=O) groups is 2. The summed E-state index contributed by atoms with van der Waals surface area (Å²) in [4.78, 5) is 29.7. The van der Waals surface area contributed by atoms with Crippen LogP contribution in [0.1, 0.15) is 52.7 Å². The molecule has 7 heteroatoms. The van der Waals surface area contributed by atoms with E-state index in [-0.39, 0.29) is 11.9 Å². The fourth-order valence-corrected chi connectivity index (χ4v) is 3.94. The van der Waals surface area contributed by atoms with E-state index in [0.29, 0.717) is 28.6 Å². The highest BCUT2D eigenvalue weighted by atomic mass is 35.5. The van der Waals surface area contributed by atoms with Gasteiger partial charge in [0, 0.05) is 22.8 Å². The maximum Gasteiger partial charge on any atom is 0.338 e. The van der Waals surface area contributed by atoms with Crippen LogP contribution in [0.5, 0.6) is 0 Å². The van der Waals surface area contributed by atoms with Gasteiger partial charge in [-0.1, -0.05) is 18.0 Å². The number of nitrogens with one attached hydrogen (secondary N) is 1. The number of fused-ring (bicyclic) bond motifs is 1. The third kappa shape index (κ3) is 4.64. The van der Waals surface area contributed by atoms with Crippen LogP contribution in [0.3, 0.4) is 0 Å². The maximum atomic E-state index is 13.1. The highest BCUT2D eigenvalue weighted by molar-refractivity contribution is 6.30. The number of hydrogen-bond donors (Lipinski definition) is 1. The predicted octanol–water partition coefficient (Wildman–Crippen LogP) is 5.36. The Kier molecular flexibility index (Phi) is 6.37. The second kappa shape index (κ2) is 9.35. The van der Waals surface area contributed by atoms with E-state index in [9.17, 15) is 9.59 Å². The Bertz CT molecular complexity index is 1090. The molecule has 1 N–H and O–H groups in total. The Morgan fingerprint density at radius 2 is 1.81 bits per heavy atom. The standard InChI is InChI=1S/C24H24ClN3O3/c1-2-31-24(30)17-9-13-19(14-10-17)26-23(29)21-20-6-4-3-5-15-28(20)22(27-21)16-7-11-18(25)12-8-16/h7-14H,2-6,15H2,1H3,(H,26,29). The first-order chi connectivity index (χ1) is 15.1. The van der Waals surface area contributed by atoms with Crippen molar-refractivity contribution in [1.29, 1.82) is 0 Å². The van der Waals surface area contributed by atoms with Crippen LogP contribution in [0.15, 0.2) is 48.5 Å². The molecule has 4 rings (SSSR count). The van der Waals surface area contributed by atoms with Crippen molar-refractivity contribution in [3.8, 4) is 11.4 Å². The van der Waals surface area contributed by atoms with Crippen molar-refractivity contribution in [2.75, 3.05) is 11.9 Å². The first-order valence-corrected chi connectivity index (χ1v) is 10.9. The molecule has 0 atom stereocenters. The lowest BCUT2D eigenvalue weighted by Crippen LogP contribution is -2.15. The number of halogens is 1. The SMILES string of the molecule is CCOC(=O)c1ccc(NC(=O)c2nc(-c3ccc(Cl)cc3)n3c2CCCCC3)cc1. The minimum Gasteiger partial charge on any atom is -0.462 e. The van der Waals surface area contributed by atoms with Gasteiger partial charge in [0.1, 0.15) is 11.5 Å². The van der Waals surface area contributed by atoms with Crippen LogP contribution in [0, 0.1) is 0 Å². The summed E-state index contributed by atoms with van der Waals surface area (Å²) in [5.74, 6) is 0.151. The molecule has 6 nitrogen and oxygen atoms in total. The maximum absolute atomic E-state index is 13.1. The molecular formula is C24H24ClN3O3. The van der Waals surface area contributed by atoms with Gasteiger partial charge < -0.3 is 14.6 Å². The van der Waals surface area contributed by atoms with Crippen molar-refractivity contribution < 1.29 is 14.3 Å². The monoisotopic (exact) mass is 437 g/mol. The third-order valence-electron chi connectivity index (χ3n) is 5.34. The van der Waals surface area contributed by atoms with Crippen LogP contribution < -0.4 is 5.32 Å². The average Bonchev–Trinajstić information content (AvgIpc) is 2.96. The molecule has 0 saturated carbocycles. The minimum atomic E-state index is -0.382. The molecule has 0 radical (unpaired) electrons. The van der Waals surface area contributed by atoms with Crippen molar-refractivity contribution in [3.63, 3.8) is 0 Å². The summed E-state index contributed by atoms with van der Waals surface area (Å²) < 4.78 is 7.16. The number of rotatable bonds is 5. The van der Waals surface area contributed by atoms with Crippen LogP contribution in [0.4, 0.5) is 5.69 Å². The smallest absolute Gasteiger partial charge is 0.338 e. The number of hydrogen-bond acceptors (Lipinski definition) is 4. The van der Waals surface area contributed by atoms with Gasteiger partial charge in [0.25, 0.3) is 5.91 Å². The number of nitrogens with zero attached hydrogens (tertiary/aromatic N) is 2. The molecule has 0 saturated heterocycles. The first kappa shape index (κ1) is 21.1. The zero-order chi connectivity index (χ0) is 21.8. The molecule has 0 bridgehead atoms. The molecule has 31 heavy (non-hydrogen) atoms. The largest absolute Gasteiger partial charge is 0.462 e. The number of ether oxygens (including phenoxy) is 1. The molecule has 0 spiro atoms. The van der Waals surface area contributed by atoms with Crippen LogP contribution in [0.2, 0.25) is 5.02 Å². The van der Waals surface area contributed by atoms with E-state index in [4.69, 9.17) is 21.3 Å². The second-order valence-corrected chi connectivity index (χ2v) is 7.89. The lowest BCUT2D eigenvalue weighted by Gasteiger charge is -2.09. The molecule has 160 valence electrons. The minimum absolute atomic E-state index is 0.255. The summed E-state index contributed by atoms with van der Waals surface area (Å²) in [6, 6.07) is 14.2. The first-order valence-electron chi connectivity index (χ1n) is 10.5. The molecular weight excluding hydrogens is 414 g/mol. The van der Waals surface area contributed by atoms with E-state index in [2.05, 4.69) is 9.88 Å². The Labute approximate surface area is 186 Å². The summed E-state index contributed by atoms with van der Waals surface area (Å²) in [7, 11) is 0. The highest BCUT2D eigenvalue weighted by Crippen LogP contribution is 2.28. The van der Waals surface area contributed by atoms with Crippen molar-refractivity contribution in [3.05, 3.63) is 70.5 Å².